The summed E-state index contributed by atoms with van der Waals surface area (Å²) in [5.74, 6) is 1.55. The highest BCUT2D eigenvalue weighted by atomic mass is 16.3. The lowest BCUT2D eigenvalue weighted by Gasteiger charge is -2.27. The molecule has 1 nitrogen and oxygen atoms in total. The normalized spacial score (nSPS) is 28.4. The van der Waals surface area contributed by atoms with Crippen LogP contribution in [-0.4, -0.2) is 10.7 Å². The summed E-state index contributed by atoms with van der Waals surface area (Å²) in [5, 5.41) is 10.9. The fourth-order valence-corrected chi connectivity index (χ4v) is 3.35. The fraction of sp³-hybridized carbons (Fsp3) is 0.667. The first-order chi connectivity index (χ1) is 8.98. The van der Waals surface area contributed by atoms with Crippen LogP contribution in [0, 0.1) is 18.8 Å². The minimum Gasteiger partial charge on any atom is -0.390 e. The maximum absolute atomic E-state index is 10.9. The van der Waals surface area contributed by atoms with Crippen LogP contribution in [-0.2, 0) is 6.42 Å². The number of hydrogen-bond donors (Lipinski definition) is 1. The molecular weight excluding hydrogens is 232 g/mol. The van der Waals surface area contributed by atoms with Gasteiger partial charge in [0.2, 0.25) is 0 Å². The van der Waals surface area contributed by atoms with Gasteiger partial charge in [0.05, 0.1) is 5.60 Å². The van der Waals surface area contributed by atoms with Crippen LogP contribution in [0.4, 0.5) is 0 Å². The molecule has 1 aliphatic rings. The standard InChI is InChI=1S/C18H28O/c1-14(2)17-5-4-11-18(19,12-10-17)13-16-8-6-15(3)7-9-16/h6-9,14,17,19H,4-5,10-13H2,1-3H3. The van der Waals surface area contributed by atoms with E-state index in [1.807, 2.05) is 0 Å². The zero-order valence-electron chi connectivity index (χ0n) is 12.7. The van der Waals surface area contributed by atoms with E-state index in [0.29, 0.717) is 0 Å². The van der Waals surface area contributed by atoms with E-state index in [0.717, 1.165) is 31.1 Å². The molecule has 1 aliphatic carbocycles. The summed E-state index contributed by atoms with van der Waals surface area (Å²) in [5.41, 5.74) is 2.09. The van der Waals surface area contributed by atoms with E-state index in [-0.39, 0.29) is 0 Å². The molecule has 1 aromatic rings. The lowest BCUT2D eigenvalue weighted by molar-refractivity contribution is 0.0237. The van der Waals surface area contributed by atoms with E-state index in [1.54, 1.807) is 0 Å². The van der Waals surface area contributed by atoms with Crippen molar-refractivity contribution in [3.8, 4) is 0 Å². The average Bonchev–Trinajstić information content (AvgIpc) is 2.55. The van der Waals surface area contributed by atoms with Crippen LogP contribution in [0.5, 0.6) is 0 Å². The van der Waals surface area contributed by atoms with Gasteiger partial charge in [-0.25, -0.2) is 0 Å². The van der Waals surface area contributed by atoms with Crippen LogP contribution in [0.3, 0.4) is 0 Å². The van der Waals surface area contributed by atoms with Crippen molar-refractivity contribution in [2.75, 3.05) is 0 Å². The maximum atomic E-state index is 10.9. The quantitative estimate of drug-likeness (QED) is 0.793. The molecule has 1 saturated carbocycles. The van der Waals surface area contributed by atoms with Crippen molar-refractivity contribution in [1.82, 2.24) is 0 Å². The molecule has 1 fully saturated rings. The molecule has 0 aliphatic heterocycles. The Hall–Kier alpha value is -0.820. The molecule has 19 heavy (non-hydrogen) atoms. The van der Waals surface area contributed by atoms with Gasteiger partial charge in [-0.3, -0.25) is 0 Å². The molecule has 2 atom stereocenters. The van der Waals surface area contributed by atoms with Crippen molar-refractivity contribution < 1.29 is 5.11 Å². The van der Waals surface area contributed by atoms with Crippen molar-refractivity contribution in [3.05, 3.63) is 35.4 Å². The molecule has 1 aromatic carbocycles. The van der Waals surface area contributed by atoms with Gasteiger partial charge in [-0.05, 0) is 43.6 Å². The molecule has 0 aromatic heterocycles. The molecule has 0 bridgehead atoms. The topological polar surface area (TPSA) is 20.2 Å². The first-order valence-corrected chi connectivity index (χ1v) is 7.76. The summed E-state index contributed by atoms with van der Waals surface area (Å²) in [6.45, 7) is 6.74. The average molecular weight is 260 g/mol. The number of aliphatic hydroxyl groups is 1. The molecule has 0 heterocycles. The van der Waals surface area contributed by atoms with Crippen LogP contribution in [0.2, 0.25) is 0 Å². The lowest BCUT2D eigenvalue weighted by atomic mass is 9.85. The van der Waals surface area contributed by atoms with Crippen LogP contribution in [0.25, 0.3) is 0 Å². The summed E-state index contributed by atoms with van der Waals surface area (Å²) in [4.78, 5) is 0. The number of rotatable bonds is 3. The van der Waals surface area contributed by atoms with Crippen LogP contribution < -0.4 is 0 Å². The van der Waals surface area contributed by atoms with Gasteiger partial charge in [0.1, 0.15) is 0 Å². The Balaban J connectivity index is 2.00. The Morgan fingerprint density at radius 1 is 1.16 bits per heavy atom. The third-order valence-electron chi connectivity index (χ3n) is 4.79. The predicted octanol–water partition coefficient (Wildman–Crippen LogP) is 4.50. The van der Waals surface area contributed by atoms with E-state index in [1.165, 1.54) is 30.4 Å². The van der Waals surface area contributed by atoms with E-state index < -0.39 is 5.60 Å². The second kappa shape index (κ2) is 6.09. The zero-order chi connectivity index (χ0) is 13.9. The molecular formula is C18H28O. The first kappa shape index (κ1) is 14.6. The smallest absolute Gasteiger partial charge is 0.0688 e. The van der Waals surface area contributed by atoms with Gasteiger partial charge in [0.15, 0.2) is 0 Å². The van der Waals surface area contributed by atoms with Crippen molar-refractivity contribution >= 4 is 0 Å². The zero-order valence-corrected chi connectivity index (χ0v) is 12.7. The van der Waals surface area contributed by atoms with Gasteiger partial charge >= 0.3 is 0 Å². The highest BCUT2D eigenvalue weighted by molar-refractivity contribution is 5.22. The molecule has 2 unspecified atom stereocenters. The lowest BCUT2D eigenvalue weighted by Crippen LogP contribution is -2.30. The third-order valence-corrected chi connectivity index (χ3v) is 4.79. The van der Waals surface area contributed by atoms with Gasteiger partial charge in [-0.15, -0.1) is 0 Å². The van der Waals surface area contributed by atoms with Gasteiger partial charge in [-0.1, -0.05) is 56.5 Å². The SMILES string of the molecule is Cc1ccc(CC2(O)CCCC(C(C)C)CC2)cc1. The second-order valence-electron chi connectivity index (χ2n) is 6.82. The highest BCUT2D eigenvalue weighted by Gasteiger charge is 2.31. The van der Waals surface area contributed by atoms with Crippen molar-refractivity contribution in [2.24, 2.45) is 11.8 Å². The largest absolute Gasteiger partial charge is 0.390 e. The molecule has 1 N–H and O–H groups in total. The minimum atomic E-state index is -0.473. The van der Waals surface area contributed by atoms with Gasteiger partial charge in [0.25, 0.3) is 0 Å². The van der Waals surface area contributed by atoms with Crippen LogP contribution >= 0.6 is 0 Å². The van der Waals surface area contributed by atoms with E-state index in [4.69, 9.17) is 0 Å². The molecule has 0 amide bonds. The van der Waals surface area contributed by atoms with Crippen LogP contribution in [0.15, 0.2) is 24.3 Å². The fourth-order valence-electron chi connectivity index (χ4n) is 3.35. The highest BCUT2D eigenvalue weighted by Crippen LogP contribution is 2.35. The summed E-state index contributed by atoms with van der Waals surface area (Å²) < 4.78 is 0. The van der Waals surface area contributed by atoms with Gasteiger partial charge in [0, 0.05) is 6.42 Å². The number of aryl methyl sites for hydroxylation is 1. The molecule has 0 radical (unpaired) electrons. The Bertz CT molecular complexity index is 393. The summed E-state index contributed by atoms with van der Waals surface area (Å²) in [6, 6.07) is 8.62. The van der Waals surface area contributed by atoms with Gasteiger partial charge < -0.3 is 5.11 Å². The van der Waals surface area contributed by atoms with Crippen molar-refractivity contribution in [2.45, 2.75) is 64.9 Å². The Labute approximate surface area is 118 Å². The van der Waals surface area contributed by atoms with E-state index >= 15 is 0 Å². The Morgan fingerprint density at radius 2 is 1.84 bits per heavy atom. The van der Waals surface area contributed by atoms with Crippen molar-refractivity contribution in [1.29, 1.82) is 0 Å². The molecule has 2 rings (SSSR count). The molecule has 1 heteroatoms. The molecule has 106 valence electrons. The van der Waals surface area contributed by atoms with Crippen LogP contribution in [0.1, 0.15) is 57.1 Å². The van der Waals surface area contributed by atoms with E-state index in [9.17, 15) is 5.11 Å². The summed E-state index contributed by atoms with van der Waals surface area (Å²) >= 11 is 0. The predicted molar refractivity (Wildman–Crippen MR) is 81.2 cm³/mol. The summed E-state index contributed by atoms with van der Waals surface area (Å²) in [7, 11) is 0. The maximum Gasteiger partial charge on any atom is 0.0688 e. The second-order valence-corrected chi connectivity index (χ2v) is 6.82. The first-order valence-electron chi connectivity index (χ1n) is 7.76. The van der Waals surface area contributed by atoms with Gasteiger partial charge in [-0.2, -0.15) is 0 Å². The number of benzene rings is 1. The monoisotopic (exact) mass is 260 g/mol. The minimum absolute atomic E-state index is 0.473. The Kier molecular flexibility index (Phi) is 4.67. The third kappa shape index (κ3) is 4.07. The summed E-state index contributed by atoms with van der Waals surface area (Å²) in [6.07, 6.45) is 6.38. The number of hydrogen-bond acceptors (Lipinski definition) is 1. The Morgan fingerprint density at radius 3 is 2.47 bits per heavy atom. The van der Waals surface area contributed by atoms with E-state index in [2.05, 4.69) is 45.0 Å². The molecule has 0 spiro atoms. The van der Waals surface area contributed by atoms with Crippen molar-refractivity contribution in [3.63, 3.8) is 0 Å². The molecule has 0 saturated heterocycles.